The van der Waals surface area contributed by atoms with Crippen LogP contribution in [0.2, 0.25) is 0 Å². The molecule has 5 heteroatoms. The maximum absolute atomic E-state index is 11.6. The fourth-order valence-electron chi connectivity index (χ4n) is 1.54. The number of rotatable bonds is 6. The number of nitrogens with zero attached hydrogens (tertiary/aromatic N) is 1. The Hall–Kier alpha value is -1.38. The van der Waals surface area contributed by atoms with E-state index in [9.17, 15) is 8.42 Å². The van der Waals surface area contributed by atoms with Gasteiger partial charge in [-0.15, -0.1) is 0 Å². The second kappa shape index (κ2) is 6.53. The van der Waals surface area contributed by atoms with Gasteiger partial charge in [0.1, 0.15) is 0 Å². The second-order valence-electron chi connectivity index (χ2n) is 4.36. The van der Waals surface area contributed by atoms with Crippen molar-refractivity contribution >= 4 is 10.0 Å². The average Bonchev–Trinajstić information content (AvgIpc) is 2.36. The Balaban J connectivity index is 2.48. The van der Waals surface area contributed by atoms with Crippen molar-refractivity contribution in [3.8, 4) is 6.07 Å². The summed E-state index contributed by atoms with van der Waals surface area (Å²) < 4.78 is 25.8. The summed E-state index contributed by atoms with van der Waals surface area (Å²) >= 11 is 0. The molecule has 0 bridgehead atoms. The predicted molar refractivity (Wildman–Crippen MR) is 71.4 cm³/mol. The Labute approximate surface area is 109 Å². The number of hydrogen-bond acceptors (Lipinski definition) is 3. The Morgan fingerprint density at radius 3 is 2.44 bits per heavy atom. The number of benzene rings is 1. The number of nitriles is 1. The summed E-state index contributed by atoms with van der Waals surface area (Å²) in [6.07, 6.45) is 1.52. The van der Waals surface area contributed by atoms with Crippen molar-refractivity contribution in [3.63, 3.8) is 0 Å². The molecule has 0 aliphatic carbocycles. The molecule has 4 nitrogen and oxygen atoms in total. The summed E-state index contributed by atoms with van der Waals surface area (Å²) in [4.78, 5) is 0. The Morgan fingerprint density at radius 2 is 1.89 bits per heavy atom. The van der Waals surface area contributed by atoms with E-state index in [-0.39, 0.29) is 6.04 Å². The summed E-state index contributed by atoms with van der Waals surface area (Å²) in [6.45, 7) is 3.19. The molecule has 1 aromatic carbocycles. The van der Waals surface area contributed by atoms with Gasteiger partial charge in [-0.3, -0.25) is 0 Å². The first kappa shape index (κ1) is 14.7. The van der Waals surface area contributed by atoms with Gasteiger partial charge in [0.25, 0.3) is 0 Å². The maximum atomic E-state index is 11.6. The van der Waals surface area contributed by atoms with Crippen LogP contribution in [0.5, 0.6) is 0 Å². The number of nitrogens with one attached hydrogen (secondary N) is 1. The lowest BCUT2D eigenvalue weighted by atomic mass is 10.1. The summed E-state index contributed by atoms with van der Waals surface area (Å²) in [5, 5.41) is 7.61. The monoisotopic (exact) mass is 266 g/mol. The summed E-state index contributed by atoms with van der Waals surface area (Å²) in [5.41, 5.74) is 1.18. The normalized spacial score (nSPS) is 14.7. The predicted octanol–water partition coefficient (Wildman–Crippen LogP) is 1.84. The SMILES string of the molecule is CC(CCc1ccccc1)NS(=O)(=O)C(C)C#N. The van der Waals surface area contributed by atoms with Crippen molar-refractivity contribution < 1.29 is 8.42 Å². The number of hydrogen-bond donors (Lipinski definition) is 1. The van der Waals surface area contributed by atoms with E-state index in [0.717, 1.165) is 6.42 Å². The van der Waals surface area contributed by atoms with Gasteiger partial charge >= 0.3 is 0 Å². The quantitative estimate of drug-likeness (QED) is 0.854. The van der Waals surface area contributed by atoms with Crippen LogP contribution in [0.15, 0.2) is 30.3 Å². The van der Waals surface area contributed by atoms with E-state index >= 15 is 0 Å². The van der Waals surface area contributed by atoms with Crippen molar-refractivity contribution in [1.82, 2.24) is 4.72 Å². The van der Waals surface area contributed by atoms with Crippen LogP contribution < -0.4 is 4.72 Å². The number of sulfonamides is 1. The third kappa shape index (κ3) is 4.47. The molecule has 2 unspecified atom stereocenters. The second-order valence-corrected chi connectivity index (χ2v) is 6.39. The van der Waals surface area contributed by atoms with Crippen LogP contribution in [0.3, 0.4) is 0 Å². The third-order valence-electron chi connectivity index (χ3n) is 2.72. The van der Waals surface area contributed by atoms with E-state index < -0.39 is 15.3 Å². The zero-order valence-electron chi connectivity index (χ0n) is 10.6. The molecule has 1 rings (SSSR count). The highest BCUT2D eigenvalue weighted by Crippen LogP contribution is 2.06. The molecule has 0 aliphatic heterocycles. The van der Waals surface area contributed by atoms with Crippen molar-refractivity contribution in [2.24, 2.45) is 0 Å². The van der Waals surface area contributed by atoms with Crippen molar-refractivity contribution in [2.45, 2.75) is 38.0 Å². The van der Waals surface area contributed by atoms with E-state index in [4.69, 9.17) is 5.26 Å². The highest BCUT2D eigenvalue weighted by atomic mass is 32.2. The fourth-order valence-corrected chi connectivity index (χ4v) is 2.56. The molecule has 98 valence electrons. The molecule has 1 aromatic rings. The molecule has 18 heavy (non-hydrogen) atoms. The molecule has 0 saturated carbocycles. The van der Waals surface area contributed by atoms with E-state index in [2.05, 4.69) is 4.72 Å². The van der Waals surface area contributed by atoms with Crippen LogP contribution >= 0.6 is 0 Å². The lowest BCUT2D eigenvalue weighted by Crippen LogP contribution is -2.38. The molecule has 0 saturated heterocycles. The van der Waals surface area contributed by atoms with Gasteiger partial charge < -0.3 is 0 Å². The van der Waals surface area contributed by atoms with Gasteiger partial charge in [0, 0.05) is 6.04 Å². The van der Waals surface area contributed by atoms with Crippen LogP contribution in [0.25, 0.3) is 0 Å². The van der Waals surface area contributed by atoms with E-state index in [0.29, 0.717) is 6.42 Å². The third-order valence-corrected chi connectivity index (χ3v) is 4.49. The highest BCUT2D eigenvalue weighted by molar-refractivity contribution is 7.90. The summed E-state index contributed by atoms with van der Waals surface area (Å²) in [6, 6.07) is 11.5. The Bertz CT molecular complexity index is 506. The van der Waals surface area contributed by atoms with E-state index in [1.807, 2.05) is 37.3 Å². The van der Waals surface area contributed by atoms with Gasteiger partial charge in [0.15, 0.2) is 5.25 Å². The Kier molecular flexibility index (Phi) is 5.32. The van der Waals surface area contributed by atoms with Gasteiger partial charge in [-0.25, -0.2) is 13.1 Å². The molecule has 2 atom stereocenters. The standard InChI is InChI=1S/C13H18N2O2S/c1-11(15-18(16,17)12(2)10-14)8-9-13-6-4-3-5-7-13/h3-7,11-12,15H,8-9H2,1-2H3. The summed E-state index contributed by atoms with van der Waals surface area (Å²) in [7, 11) is -3.53. The van der Waals surface area contributed by atoms with Gasteiger partial charge in [-0.05, 0) is 32.3 Å². The lowest BCUT2D eigenvalue weighted by Gasteiger charge is -2.15. The summed E-state index contributed by atoms with van der Waals surface area (Å²) in [5.74, 6) is 0. The van der Waals surface area contributed by atoms with Gasteiger partial charge in [-0.1, -0.05) is 30.3 Å². The zero-order chi connectivity index (χ0) is 13.6. The molecular formula is C13H18N2O2S. The molecule has 0 aromatic heterocycles. The van der Waals surface area contributed by atoms with Gasteiger partial charge in [0.05, 0.1) is 6.07 Å². The first-order valence-electron chi connectivity index (χ1n) is 5.90. The van der Waals surface area contributed by atoms with E-state index in [1.165, 1.54) is 12.5 Å². The first-order valence-corrected chi connectivity index (χ1v) is 7.45. The molecule has 0 spiro atoms. The van der Waals surface area contributed by atoms with Crippen LogP contribution in [0.1, 0.15) is 25.8 Å². The van der Waals surface area contributed by atoms with Crippen molar-refractivity contribution in [3.05, 3.63) is 35.9 Å². The average molecular weight is 266 g/mol. The van der Waals surface area contributed by atoms with Crippen LogP contribution in [-0.2, 0) is 16.4 Å². The van der Waals surface area contributed by atoms with Crippen LogP contribution in [0, 0.1) is 11.3 Å². The van der Waals surface area contributed by atoms with Crippen LogP contribution in [0.4, 0.5) is 0 Å². The molecular weight excluding hydrogens is 248 g/mol. The lowest BCUT2D eigenvalue weighted by molar-refractivity contribution is 0.543. The molecule has 0 fully saturated rings. The molecule has 0 radical (unpaired) electrons. The minimum atomic E-state index is -3.53. The minimum absolute atomic E-state index is 0.175. The Morgan fingerprint density at radius 1 is 1.28 bits per heavy atom. The molecule has 0 aliphatic rings. The molecule has 0 heterocycles. The molecule has 0 amide bonds. The van der Waals surface area contributed by atoms with E-state index in [1.54, 1.807) is 6.07 Å². The minimum Gasteiger partial charge on any atom is -0.211 e. The smallest absolute Gasteiger partial charge is 0.211 e. The van der Waals surface area contributed by atoms with Crippen molar-refractivity contribution in [2.75, 3.05) is 0 Å². The van der Waals surface area contributed by atoms with Crippen LogP contribution in [-0.4, -0.2) is 19.7 Å². The molecule has 1 N–H and O–H groups in total. The highest BCUT2D eigenvalue weighted by Gasteiger charge is 2.21. The number of aryl methyl sites for hydroxylation is 1. The van der Waals surface area contributed by atoms with Crippen molar-refractivity contribution in [1.29, 1.82) is 5.26 Å². The van der Waals surface area contributed by atoms with Gasteiger partial charge in [0.2, 0.25) is 10.0 Å². The largest absolute Gasteiger partial charge is 0.227 e. The van der Waals surface area contributed by atoms with Gasteiger partial charge in [-0.2, -0.15) is 5.26 Å². The fraction of sp³-hybridized carbons (Fsp3) is 0.462. The zero-order valence-corrected chi connectivity index (χ0v) is 11.4. The first-order chi connectivity index (χ1) is 8.45. The topological polar surface area (TPSA) is 70.0 Å². The maximum Gasteiger partial charge on any atom is 0.227 e.